The average Bonchev–Trinajstić information content (AvgIpc) is 2.64. The molecule has 1 unspecified atom stereocenters. The summed E-state index contributed by atoms with van der Waals surface area (Å²) in [7, 11) is 1.76. The highest BCUT2D eigenvalue weighted by atomic mass is 32.1. The van der Waals surface area contributed by atoms with Crippen LogP contribution in [0.25, 0.3) is 10.3 Å². The summed E-state index contributed by atoms with van der Waals surface area (Å²) < 4.78 is 5.70. The highest BCUT2D eigenvalue weighted by Gasteiger charge is 2.32. The van der Waals surface area contributed by atoms with E-state index in [-0.39, 0.29) is 6.10 Å². The van der Waals surface area contributed by atoms with Crippen LogP contribution in [0.2, 0.25) is 0 Å². The molecule has 0 saturated heterocycles. The topological polar surface area (TPSA) is 61.0 Å². The van der Waals surface area contributed by atoms with Gasteiger partial charge in [0.15, 0.2) is 0 Å². The van der Waals surface area contributed by atoms with Gasteiger partial charge >= 0.3 is 0 Å². The second kappa shape index (κ2) is 4.48. The lowest BCUT2D eigenvalue weighted by Gasteiger charge is -2.33. The molecule has 1 saturated carbocycles. The van der Waals surface area contributed by atoms with E-state index in [4.69, 9.17) is 10.5 Å². The van der Waals surface area contributed by atoms with Gasteiger partial charge in [-0.1, -0.05) is 17.8 Å². The fourth-order valence-electron chi connectivity index (χ4n) is 2.60. The molecule has 1 fully saturated rings. The summed E-state index contributed by atoms with van der Waals surface area (Å²) in [5.41, 5.74) is 8.78. The fourth-order valence-corrected chi connectivity index (χ4v) is 3.38. The minimum absolute atomic E-state index is 0.0609. The quantitative estimate of drug-likeness (QED) is 0.924. The summed E-state index contributed by atoms with van der Waals surface area (Å²) in [5.74, 6) is 0.574. The zero-order valence-electron chi connectivity index (χ0n) is 10.6. The molecule has 5 heteroatoms. The van der Waals surface area contributed by atoms with Gasteiger partial charge < -0.3 is 10.5 Å². The fraction of sp³-hybridized carbons (Fsp3) is 0.538. The van der Waals surface area contributed by atoms with E-state index in [0.29, 0.717) is 11.6 Å². The van der Waals surface area contributed by atoms with Crippen molar-refractivity contribution < 1.29 is 4.74 Å². The van der Waals surface area contributed by atoms with E-state index in [1.165, 1.54) is 19.3 Å². The average molecular weight is 263 g/mol. The SMILES string of the molecule is COC(c1c(N)cnc2sc(C)nc12)C1CCC1. The molecule has 96 valence electrons. The molecular formula is C13H17N3OS. The van der Waals surface area contributed by atoms with Crippen LogP contribution in [0, 0.1) is 12.8 Å². The molecule has 4 nitrogen and oxygen atoms in total. The molecule has 0 bridgehead atoms. The Morgan fingerprint density at radius 2 is 2.28 bits per heavy atom. The smallest absolute Gasteiger partial charge is 0.143 e. The number of hydrogen-bond donors (Lipinski definition) is 1. The van der Waals surface area contributed by atoms with Crippen molar-refractivity contribution in [1.82, 2.24) is 9.97 Å². The van der Waals surface area contributed by atoms with E-state index in [1.54, 1.807) is 24.6 Å². The molecule has 1 atom stereocenters. The number of rotatable bonds is 3. The minimum Gasteiger partial charge on any atom is -0.397 e. The Kier molecular flexibility index (Phi) is 2.95. The molecule has 0 amide bonds. The van der Waals surface area contributed by atoms with E-state index in [0.717, 1.165) is 20.9 Å². The van der Waals surface area contributed by atoms with E-state index in [2.05, 4.69) is 9.97 Å². The Hall–Kier alpha value is -1.20. The van der Waals surface area contributed by atoms with Crippen LogP contribution in [0.5, 0.6) is 0 Å². The number of aromatic nitrogens is 2. The molecule has 2 aromatic rings. The number of aryl methyl sites for hydroxylation is 1. The van der Waals surface area contributed by atoms with Gasteiger partial charge in [-0.2, -0.15) is 0 Å². The first-order valence-electron chi connectivity index (χ1n) is 6.25. The predicted molar refractivity (Wildman–Crippen MR) is 73.7 cm³/mol. The molecule has 0 aromatic carbocycles. The number of pyridine rings is 1. The summed E-state index contributed by atoms with van der Waals surface area (Å²) in [5, 5.41) is 1.02. The third-order valence-electron chi connectivity index (χ3n) is 3.72. The summed E-state index contributed by atoms with van der Waals surface area (Å²) >= 11 is 1.61. The lowest BCUT2D eigenvalue weighted by Crippen LogP contribution is -2.23. The van der Waals surface area contributed by atoms with Gasteiger partial charge in [-0.3, -0.25) is 0 Å². The zero-order valence-corrected chi connectivity index (χ0v) is 11.5. The molecule has 2 aromatic heterocycles. The van der Waals surface area contributed by atoms with Crippen molar-refractivity contribution in [1.29, 1.82) is 0 Å². The van der Waals surface area contributed by atoms with Crippen molar-refractivity contribution in [3.05, 3.63) is 16.8 Å². The monoisotopic (exact) mass is 263 g/mol. The van der Waals surface area contributed by atoms with E-state index in [9.17, 15) is 0 Å². The highest BCUT2D eigenvalue weighted by Crippen LogP contribution is 2.43. The standard InChI is InChI=1S/C13H17N3OS/c1-7-16-11-10(9(14)6-15-13(11)18-7)12(17-2)8-4-3-5-8/h6,8,12H,3-5,14H2,1-2H3. The number of fused-ring (bicyclic) bond motifs is 1. The first-order chi connectivity index (χ1) is 8.70. The number of nitrogens with two attached hydrogens (primary N) is 1. The van der Waals surface area contributed by atoms with Gasteiger partial charge in [-0.15, -0.1) is 0 Å². The first-order valence-corrected chi connectivity index (χ1v) is 7.06. The largest absolute Gasteiger partial charge is 0.397 e. The molecular weight excluding hydrogens is 246 g/mol. The second-order valence-corrected chi connectivity index (χ2v) is 6.04. The Bertz CT molecular complexity index is 577. The number of ether oxygens (including phenoxy) is 1. The van der Waals surface area contributed by atoms with Crippen molar-refractivity contribution in [3.8, 4) is 0 Å². The normalized spacial score (nSPS) is 17.9. The zero-order chi connectivity index (χ0) is 12.7. The van der Waals surface area contributed by atoms with Gasteiger partial charge in [0, 0.05) is 12.7 Å². The van der Waals surface area contributed by atoms with Crippen LogP contribution in [0.15, 0.2) is 6.20 Å². The number of nitrogens with zero attached hydrogens (tertiary/aromatic N) is 2. The van der Waals surface area contributed by atoms with Gasteiger partial charge in [0.1, 0.15) is 10.3 Å². The van der Waals surface area contributed by atoms with Crippen LogP contribution in [0.1, 0.15) is 35.9 Å². The Labute approximate surface area is 110 Å². The van der Waals surface area contributed by atoms with Crippen molar-refractivity contribution >= 4 is 27.4 Å². The number of anilines is 1. The Morgan fingerprint density at radius 3 is 2.89 bits per heavy atom. The molecule has 1 aliphatic carbocycles. The van der Waals surface area contributed by atoms with Crippen LogP contribution in [-0.4, -0.2) is 17.1 Å². The molecule has 2 N–H and O–H groups in total. The van der Waals surface area contributed by atoms with Crippen molar-refractivity contribution in [2.24, 2.45) is 5.92 Å². The maximum atomic E-state index is 6.11. The van der Waals surface area contributed by atoms with Gasteiger partial charge in [0.2, 0.25) is 0 Å². The van der Waals surface area contributed by atoms with Gasteiger partial charge in [0.05, 0.1) is 23.0 Å². The van der Waals surface area contributed by atoms with E-state index < -0.39 is 0 Å². The van der Waals surface area contributed by atoms with Crippen LogP contribution in [0.4, 0.5) is 5.69 Å². The number of thiazole rings is 1. The van der Waals surface area contributed by atoms with E-state index >= 15 is 0 Å². The molecule has 0 spiro atoms. The van der Waals surface area contributed by atoms with E-state index in [1.807, 2.05) is 6.92 Å². The van der Waals surface area contributed by atoms with Crippen LogP contribution in [0.3, 0.4) is 0 Å². The van der Waals surface area contributed by atoms with Crippen molar-refractivity contribution in [2.75, 3.05) is 12.8 Å². The molecule has 18 heavy (non-hydrogen) atoms. The van der Waals surface area contributed by atoms with Gasteiger partial charge in [-0.05, 0) is 25.7 Å². The summed E-state index contributed by atoms with van der Waals surface area (Å²) in [6.07, 6.45) is 5.51. The Balaban J connectivity index is 2.15. The third kappa shape index (κ3) is 1.78. The maximum absolute atomic E-state index is 6.11. The Morgan fingerprint density at radius 1 is 1.50 bits per heavy atom. The predicted octanol–water partition coefficient (Wildman–Crippen LogP) is 3.07. The maximum Gasteiger partial charge on any atom is 0.143 e. The van der Waals surface area contributed by atoms with Crippen molar-refractivity contribution in [3.63, 3.8) is 0 Å². The first kappa shape index (κ1) is 11.9. The highest BCUT2D eigenvalue weighted by molar-refractivity contribution is 7.18. The lowest BCUT2D eigenvalue weighted by atomic mass is 9.78. The van der Waals surface area contributed by atoms with Gasteiger partial charge in [-0.25, -0.2) is 9.97 Å². The van der Waals surface area contributed by atoms with Gasteiger partial charge in [0.25, 0.3) is 0 Å². The second-order valence-electron chi connectivity index (χ2n) is 4.86. The number of methoxy groups -OCH3 is 1. The summed E-state index contributed by atoms with van der Waals surface area (Å²) in [4.78, 5) is 9.89. The molecule has 2 heterocycles. The minimum atomic E-state index is 0.0609. The number of hydrogen-bond acceptors (Lipinski definition) is 5. The number of nitrogen functional groups attached to an aromatic ring is 1. The molecule has 3 rings (SSSR count). The molecule has 0 radical (unpaired) electrons. The third-order valence-corrected chi connectivity index (χ3v) is 4.60. The lowest BCUT2D eigenvalue weighted by molar-refractivity contribution is 0.0193. The van der Waals surface area contributed by atoms with Crippen LogP contribution < -0.4 is 5.73 Å². The van der Waals surface area contributed by atoms with Crippen molar-refractivity contribution in [2.45, 2.75) is 32.3 Å². The molecule has 0 aliphatic heterocycles. The summed E-state index contributed by atoms with van der Waals surface area (Å²) in [6.45, 7) is 2.00. The summed E-state index contributed by atoms with van der Waals surface area (Å²) in [6, 6.07) is 0. The van der Waals surface area contributed by atoms with Crippen LogP contribution in [-0.2, 0) is 4.74 Å². The molecule has 1 aliphatic rings. The van der Waals surface area contributed by atoms with Crippen LogP contribution >= 0.6 is 11.3 Å².